The normalized spacial score (nSPS) is 12.2. The molecule has 0 atom stereocenters. The first-order valence-electron chi connectivity index (χ1n) is 12.4. The molecule has 37 heavy (non-hydrogen) atoms. The molecule has 4 nitrogen and oxygen atoms in total. The Morgan fingerprint density at radius 3 is 1.70 bits per heavy atom. The fourth-order valence-electron chi connectivity index (χ4n) is 4.95. The van der Waals surface area contributed by atoms with Gasteiger partial charge in [0.25, 0.3) is 0 Å². The minimum Gasteiger partial charge on any atom is -0.507 e. The molecule has 0 aliphatic carbocycles. The number of phenolic OH excluding ortho intramolecular Hbond substituents is 2. The van der Waals surface area contributed by atoms with Crippen molar-refractivity contribution >= 4 is 35.3 Å². The third-order valence-corrected chi connectivity index (χ3v) is 11.2. The summed E-state index contributed by atoms with van der Waals surface area (Å²) in [5, 5.41) is 23.3. The van der Waals surface area contributed by atoms with Crippen LogP contribution in [0.2, 0.25) is 0 Å². The van der Waals surface area contributed by atoms with Gasteiger partial charge in [0, 0.05) is 34.6 Å². The van der Waals surface area contributed by atoms with E-state index in [9.17, 15) is 10.2 Å². The maximum atomic E-state index is 11.1. The van der Waals surface area contributed by atoms with Crippen molar-refractivity contribution in [2.24, 2.45) is 9.74 Å². The van der Waals surface area contributed by atoms with Crippen molar-refractivity contribution in [3.05, 3.63) is 107 Å². The van der Waals surface area contributed by atoms with Gasteiger partial charge in [-0.2, -0.15) is 0 Å². The lowest BCUT2D eigenvalue weighted by Gasteiger charge is -2.38. The SMILES string of the molecule is Cc1cc(C)c(N=Cc2ccccc2N=P(c2ccccc2O)(c2ccccc2O)C(C)(C)C)c(C)c1. The van der Waals surface area contributed by atoms with E-state index < -0.39 is 12.2 Å². The van der Waals surface area contributed by atoms with Crippen LogP contribution in [0.25, 0.3) is 0 Å². The van der Waals surface area contributed by atoms with E-state index in [-0.39, 0.29) is 11.5 Å². The second kappa shape index (κ2) is 10.4. The summed E-state index contributed by atoms with van der Waals surface area (Å²) in [6.45, 7) is 12.6. The van der Waals surface area contributed by atoms with Crippen molar-refractivity contribution in [3.63, 3.8) is 0 Å². The Bertz CT molecular complexity index is 1460. The van der Waals surface area contributed by atoms with E-state index >= 15 is 0 Å². The van der Waals surface area contributed by atoms with Gasteiger partial charge in [-0.25, -0.2) is 0 Å². The van der Waals surface area contributed by atoms with Crippen molar-refractivity contribution in [1.29, 1.82) is 0 Å². The average molecular weight is 511 g/mol. The van der Waals surface area contributed by atoms with Crippen LogP contribution in [0.4, 0.5) is 11.4 Å². The van der Waals surface area contributed by atoms with Crippen LogP contribution in [0.5, 0.6) is 11.5 Å². The molecular weight excluding hydrogens is 475 g/mol. The van der Waals surface area contributed by atoms with Crippen molar-refractivity contribution in [2.75, 3.05) is 0 Å². The minimum absolute atomic E-state index is 0.176. The van der Waals surface area contributed by atoms with E-state index in [0.717, 1.165) is 38.7 Å². The molecule has 4 aromatic rings. The maximum Gasteiger partial charge on any atom is 0.125 e. The molecular formula is C32H35N2O2P. The molecule has 190 valence electrons. The van der Waals surface area contributed by atoms with Gasteiger partial charge in [0.1, 0.15) is 11.5 Å². The summed E-state index contributed by atoms with van der Waals surface area (Å²) >= 11 is 0. The summed E-state index contributed by atoms with van der Waals surface area (Å²) in [7, 11) is -2.77. The van der Waals surface area contributed by atoms with Crippen LogP contribution in [0.1, 0.15) is 43.0 Å². The van der Waals surface area contributed by atoms with E-state index in [2.05, 4.69) is 53.7 Å². The lowest BCUT2D eigenvalue weighted by atomic mass is 10.1. The van der Waals surface area contributed by atoms with Crippen LogP contribution in [0.15, 0.2) is 94.7 Å². The van der Waals surface area contributed by atoms with Crippen LogP contribution < -0.4 is 10.6 Å². The van der Waals surface area contributed by atoms with Gasteiger partial charge in [0.15, 0.2) is 0 Å². The Hall–Kier alpha value is -3.62. The highest BCUT2D eigenvalue weighted by molar-refractivity contribution is 7.82. The summed E-state index contributed by atoms with van der Waals surface area (Å²) in [4.78, 5) is 4.88. The Kier molecular flexibility index (Phi) is 7.43. The van der Waals surface area contributed by atoms with Crippen molar-refractivity contribution in [3.8, 4) is 11.5 Å². The van der Waals surface area contributed by atoms with Crippen LogP contribution in [-0.4, -0.2) is 21.6 Å². The number of aryl methyl sites for hydroxylation is 3. The zero-order valence-corrected chi connectivity index (χ0v) is 23.3. The second-order valence-electron chi connectivity index (χ2n) is 10.4. The van der Waals surface area contributed by atoms with Crippen molar-refractivity contribution in [1.82, 2.24) is 0 Å². The molecule has 0 saturated carbocycles. The van der Waals surface area contributed by atoms with Gasteiger partial charge in [0.05, 0.1) is 11.4 Å². The van der Waals surface area contributed by atoms with Gasteiger partial charge >= 0.3 is 0 Å². The van der Waals surface area contributed by atoms with Gasteiger partial charge < -0.3 is 10.2 Å². The number of benzene rings is 4. The Morgan fingerprint density at radius 2 is 1.19 bits per heavy atom. The van der Waals surface area contributed by atoms with Crippen LogP contribution in [0.3, 0.4) is 0 Å². The molecule has 0 aliphatic heterocycles. The van der Waals surface area contributed by atoms with E-state index in [4.69, 9.17) is 9.74 Å². The van der Waals surface area contributed by atoms with Crippen LogP contribution >= 0.6 is 7.05 Å². The third kappa shape index (κ3) is 5.12. The molecule has 0 fully saturated rings. The first kappa shape index (κ1) is 26.4. The molecule has 4 aromatic carbocycles. The standard InChI is InChI=1S/C32H35N2O2P/c1-22-19-23(2)31(24(3)20-22)33-21-25-13-7-8-14-26(25)34-37(32(4,5)6,29-17-11-9-15-27(29)35)30-18-12-10-16-28(30)36/h7-21,35-36H,1-6H3. The predicted molar refractivity (Wildman–Crippen MR) is 159 cm³/mol. The van der Waals surface area contributed by atoms with Gasteiger partial charge in [-0.3, -0.25) is 9.74 Å². The number of rotatable bonds is 5. The molecule has 0 radical (unpaired) electrons. The highest BCUT2D eigenvalue weighted by atomic mass is 31.2. The molecule has 0 amide bonds. The van der Waals surface area contributed by atoms with Crippen molar-refractivity contribution in [2.45, 2.75) is 46.7 Å². The van der Waals surface area contributed by atoms with Crippen LogP contribution in [-0.2, 0) is 0 Å². The Balaban J connectivity index is 2.04. The summed E-state index contributed by atoms with van der Waals surface area (Å²) < 4.78 is 5.49. The van der Waals surface area contributed by atoms with E-state index in [1.54, 1.807) is 12.1 Å². The van der Waals surface area contributed by atoms with E-state index in [1.165, 1.54) is 5.56 Å². The minimum atomic E-state index is -2.77. The third-order valence-electron chi connectivity index (χ3n) is 6.59. The molecule has 0 aromatic heterocycles. The number of aromatic hydroxyl groups is 2. The summed E-state index contributed by atoms with van der Waals surface area (Å²) in [5.41, 5.74) is 6.07. The molecule has 0 bridgehead atoms. The molecule has 2 N–H and O–H groups in total. The molecule has 0 heterocycles. The fourth-order valence-corrected chi connectivity index (χ4v) is 9.09. The van der Waals surface area contributed by atoms with Gasteiger partial charge in [-0.15, -0.1) is 0 Å². The summed E-state index contributed by atoms with van der Waals surface area (Å²) in [6, 6.07) is 26.9. The lowest BCUT2D eigenvalue weighted by molar-refractivity contribution is 0.478. The number of para-hydroxylation sites is 2. The quantitative estimate of drug-likeness (QED) is 0.211. The maximum absolute atomic E-state index is 11.1. The van der Waals surface area contributed by atoms with Gasteiger partial charge in [-0.1, -0.05) is 80.9 Å². The van der Waals surface area contributed by atoms with E-state index in [1.807, 2.05) is 66.9 Å². The number of phenols is 2. The largest absolute Gasteiger partial charge is 0.507 e. The number of nitrogens with zero attached hydrogens (tertiary/aromatic N) is 2. The highest BCUT2D eigenvalue weighted by Crippen LogP contribution is 2.63. The summed E-state index contributed by atoms with van der Waals surface area (Å²) in [6.07, 6.45) is 1.87. The van der Waals surface area contributed by atoms with Gasteiger partial charge in [-0.05, 0) is 62.2 Å². The number of aliphatic imine (C=N–C) groups is 1. The molecule has 4 rings (SSSR count). The van der Waals surface area contributed by atoms with Crippen molar-refractivity contribution < 1.29 is 10.2 Å². The Labute approximate surface area is 220 Å². The predicted octanol–water partition coefficient (Wildman–Crippen LogP) is 8.06. The van der Waals surface area contributed by atoms with Gasteiger partial charge in [0.2, 0.25) is 0 Å². The number of hydrogen-bond acceptors (Lipinski definition) is 4. The molecule has 5 heteroatoms. The smallest absolute Gasteiger partial charge is 0.125 e. The lowest BCUT2D eigenvalue weighted by Crippen LogP contribution is -2.31. The number of hydrogen-bond donors (Lipinski definition) is 2. The second-order valence-corrected chi connectivity index (χ2v) is 14.2. The molecule has 0 spiro atoms. The first-order valence-corrected chi connectivity index (χ1v) is 14.2. The molecule has 0 unspecified atom stereocenters. The first-order chi connectivity index (χ1) is 17.5. The summed E-state index contributed by atoms with van der Waals surface area (Å²) in [5.74, 6) is 0.352. The average Bonchev–Trinajstić information content (AvgIpc) is 2.83. The van der Waals surface area contributed by atoms with Crippen LogP contribution in [0, 0.1) is 20.8 Å². The Morgan fingerprint density at radius 1 is 0.703 bits per heavy atom. The highest BCUT2D eigenvalue weighted by Gasteiger charge is 2.41. The zero-order valence-electron chi connectivity index (χ0n) is 22.4. The molecule has 0 saturated heterocycles. The van der Waals surface area contributed by atoms with E-state index in [0.29, 0.717) is 0 Å². The zero-order chi connectivity index (χ0) is 26.8. The molecule has 0 aliphatic rings. The fraction of sp³-hybridized carbons (Fsp3) is 0.219. The topological polar surface area (TPSA) is 65.2 Å². The monoisotopic (exact) mass is 510 g/mol.